The van der Waals surface area contributed by atoms with E-state index in [2.05, 4.69) is 10.6 Å². The fraction of sp³-hybridized carbons (Fsp3) is 0.500. The molecule has 0 radical (unpaired) electrons. The molecule has 40 heavy (non-hydrogen) atoms. The number of halogens is 2. The number of alkyl halides is 2. The lowest BCUT2D eigenvalue weighted by molar-refractivity contribution is -0.159. The van der Waals surface area contributed by atoms with Gasteiger partial charge >= 0.3 is 0 Å². The molecule has 1 aliphatic heterocycles. The second kappa shape index (κ2) is 11.9. The molecule has 8 nitrogen and oxygen atoms in total. The minimum Gasteiger partial charge on any atom is -0.508 e. The Morgan fingerprint density at radius 3 is 2.40 bits per heavy atom. The number of carbonyl (C=O) groups excluding carboxylic acids is 3. The number of phenolic OH excluding ortho intramolecular Hbond substituents is 1. The monoisotopic (exact) mass is 559 g/mol. The number of unbranched alkanes of at least 4 members (excludes halogenated alkanes) is 1. The van der Waals surface area contributed by atoms with Gasteiger partial charge in [-0.1, -0.05) is 57.5 Å². The molecule has 0 aliphatic carbocycles. The fourth-order valence-electron chi connectivity index (χ4n) is 5.00. The van der Waals surface area contributed by atoms with Crippen LogP contribution in [0.3, 0.4) is 0 Å². The van der Waals surface area contributed by atoms with Gasteiger partial charge in [0.1, 0.15) is 11.8 Å². The first-order valence-electron chi connectivity index (χ1n) is 13.5. The van der Waals surface area contributed by atoms with E-state index >= 15 is 8.78 Å². The van der Waals surface area contributed by atoms with Gasteiger partial charge in [0, 0.05) is 24.1 Å². The van der Waals surface area contributed by atoms with Crippen LogP contribution in [0, 0.1) is 19.3 Å². The molecule has 0 bridgehead atoms. The summed E-state index contributed by atoms with van der Waals surface area (Å²) in [6.45, 7) is 6.67. The standard InChI is InChI=1S/C30H39F2N3O5/c1-6-7-15-33-26(38)24-28(4,5)30(31,32)18-35(24)27(39)29(40,14-13-21-11-9-8-10-12-21)34-25(37)22-16-19(2)17-23(36)20(22)3/h8-12,16-17,24,36,40H,6-7,13-15,18H2,1-5H3,(H,33,38)(H,34,37). The Morgan fingerprint density at radius 2 is 1.77 bits per heavy atom. The van der Waals surface area contributed by atoms with Gasteiger partial charge in [0.2, 0.25) is 11.6 Å². The highest BCUT2D eigenvalue weighted by Gasteiger charge is 2.65. The Labute approximate surface area is 233 Å². The summed E-state index contributed by atoms with van der Waals surface area (Å²) in [6, 6.07) is 10.3. The summed E-state index contributed by atoms with van der Waals surface area (Å²) in [5, 5.41) is 27.0. The quantitative estimate of drug-likeness (QED) is 0.261. The van der Waals surface area contributed by atoms with Crippen LogP contribution in [0.4, 0.5) is 8.78 Å². The predicted molar refractivity (Wildman–Crippen MR) is 147 cm³/mol. The van der Waals surface area contributed by atoms with Gasteiger partial charge in [0.05, 0.1) is 12.0 Å². The number of aromatic hydroxyl groups is 1. The number of aryl methyl sites for hydroxylation is 2. The maximum absolute atomic E-state index is 15.3. The molecular weight excluding hydrogens is 520 g/mol. The highest BCUT2D eigenvalue weighted by Crippen LogP contribution is 2.48. The molecule has 1 saturated heterocycles. The summed E-state index contributed by atoms with van der Waals surface area (Å²) in [5.41, 5.74) is -3.02. The molecule has 2 aromatic rings. The molecule has 0 aromatic heterocycles. The molecule has 10 heteroatoms. The van der Waals surface area contributed by atoms with E-state index < -0.39 is 47.4 Å². The van der Waals surface area contributed by atoms with Crippen molar-refractivity contribution < 1.29 is 33.4 Å². The van der Waals surface area contributed by atoms with Crippen molar-refractivity contribution in [3.8, 4) is 5.75 Å². The Bertz CT molecular complexity index is 1250. The van der Waals surface area contributed by atoms with Crippen molar-refractivity contribution in [1.82, 2.24) is 15.5 Å². The summed E-state index contributed by atoms with van der Waals surface area (Å²) in [7, 11) is 0. The first-order chi connectivity index (χ1) is 18.6. The Morgan fingerprint density at radius 1 is 1.12 bits per heavy atom. The highest BCUT2D eigenvalue weighted by atomic mass is 19.3. The molecule has 1 aliphatic rings. The van der Waals surface area contributed by atoms with Crippen LogP contribution in [0.15, 0.2) is 42.5 Å². The first kappa shape index (κ1) is 31.0. The van der Waals surface area contributed by atoms with E-state index in [1.807, 2.05) is 6.92 Å². The molecule has 218 valence electrons. The van der Waals surface area contributed by atoms with Crippen molar-refractivity contribution in [1.29, 1.82) is 0 Å². The molecule has 4 N–H and O–H groups in total. The summed E-state index contributed by atoms with van der Waals surface area (Å²) < 4.78 is 30.5. The van der Waals surface area contributed by atoms with Crippen LogP contribution >= 0.6 is 0 Å². The fourth-order valence-corrected chi connectivity index (χ4v) is 5.00. The van der Waals surface area contributed by atoms with Crippen LogP contribution in [0.2, 0.25) is 0 Å². The van der Waals surface area contributed by atoms with Crippen LogP contribution in [-0.4, -0.2) is 63.6 Å². The van der Waals surface area contributed by atoms with Gasteiger partial charge in [-0.2, -0.15) is 0 Å². The van der Waals surface area contributed by atoms with Crippen molar-refractivity contribution in [3.05, 3.63) is 64.7 Å². The van der Waals surface area contributed by atoms with E-state index in [1.165, 1.54) is 32.9 Å². The number of rotatable bonds is 10. The van der Waals surface area contributed by atoms with Gasteiger partial charge in [-0.3, -0.25) is 14.4 Å². The summed E-state index contributed by atoms with van der Waals surface area (Å²) in [5.74, 6) is -6.41. The van der Waals surface area contributed by atoms with Crippen molar-refractivity contribution in [3.63, 3.8) is 0 Å². The van der Waals surface area contributed by atoms with E-state index in [-0.39, 0.29) is 36.3 Å². The van der Waals surface area contributed by atoms with E-state index in [0.29, 0.717) is 16.9 Å². The van der Waals surface area contributed by atoms with E-state index in [4.69, 9.17) is 0 Å². The van der Waals surface area contributed by atoms with Crippen LogP contribution in [0.1, 0.15) is 67.1 Å². The molecule has 3 amide bonds. The molecule has 0 saturated carbocycles. The van der Waals surface area contributed by atoms with Crippen molar-refractivity contribution >= 4 is 17.7 Å². The zero-order valence-corrected chi connectivity index (χ0v) is 23.7. The third-order valence-electron chi connectivity index (χ3n) is 7.71. The van der Waals surface area contributed by atoms with Gasteiger partial charge in [-0.15, -0.1) is 0 Å². The molecular formula is C30H39F2N3O5. The number of phenols is 1. The predicted octanol–water partition coefficient (Wildman–Crippen LogP) is 3.85. The molecule has 2 aromatic carbocycles. The smallest absolute Gasteiger partial charge is 0.276 e. The first-order valence-corrected chi connectivity index (χ1v) is 13.5. The van der Waals surface area contributed by atoms with Crippen LogP contribution in [0.5, 0.6) is 5.75 Å². The third-order valence-corrected chi connectivity index (χ3v) is 7.71. The minimum absolute atomic E-state index is 0.0179. The molecule has 0 spiro atoms. The molecule has 1 fully saturated rings. The SMILES string of the molecule is CCCCNC(=O)C1N(C(=O)C(O)(CCc2ccccc2)NC(=O)c2cc(C)cc(O)c2C)CC(F)(F)C1(C)C. The number of nitrogens with zero attached hydrogens (tertiary/aromatic N) is 1. The third kappa shape index (κ3) is 6.27. The number of hydrogen-bond donors (Lipinski definition) is 4. The Kier molecular flexibility index (Phi) is 9.24. The lowest BCUT2D eigenvalue weighted by Gasteiger charge is -2.36. The van der Waals surface area contributed by atoms with E-state index in [0.717, 1.165) is 12.0 Å². The average Bonchev–Trinajstić information content (AvgIpc) is 3.08. The second-order valence-corrected chi connectivity index (χ2v) is 11.2. The normalized spacial score (nSPS) is 19.1. The van der Waals surface area contributed by atoms with Gasteiger partial charge in [0.15, 0.2) is 0 Å². The van der Waals surface area contributed by atoms with Crippen molar-refractivity contribution in [2.45, 2.75) is 78.0 Å². The number of nitrogens with one attached hydrogen (secondary N) is 2. The second-order valence-electron chi connectivity index (χ2n) is 11.2. The van der Waals surface area contributed by atoms with E-state index in [9.17, 15) is 24.6 Å². The number of benzene rings is 2. The summed E-state index contributed by atoms with van der Waals surface area (Å²) >= 11 is 0. The number of carbonyl (C=O) groups is 3. The molecule has 2 unspecified atom stereocenters. The van der Waals surface area contributed by atoms with Crippen LogP contribution in [0.25, 0.3) is 0 Å². The number of aliphatic hydroxyl groups is 1. The minimum atomic E-state index is -3.45. The lowest BCUT2D eigenvalue weighted by atomic mass is 9.81. The Balaban J connectivity index is 2.01. The number of likely N-dealkylation sites (tertiary alicyclic amines) is 1. The van der Waals surface area contributed by atoms with Gasteiger partial charge < -0.3 is 25.7 Å². The summed E-state index contributed by atoms with van der Waals surface area (Å²) in [6.07, 6.45) is 1.18. The largest absolute Gasteiger partial charge is 0.508 e. The molecule has 2 atom stereocenters. The van der Waals surface area contributed by atoms with Gasteiger partial charge in [-0.05, 0) is 49.9 Å². The van der Waals surface area contributed by atoms with Crippen LogP contribution in [-0.2, 0) is 16.0 Å². The highest BCUT2D eigenvalue weighted by molar-refractivity contribution is 6.01. The van der Waals surface area contributed by atoms with Crippen molar-refractivity contribution in [2.75, 3.05) is 13.1 Å². The van der Waals surface area contributed by atoms with Crippen LogP contribution < -0.4 is 10.6 Å². The zero-order chi connectivity index (χ0) is 29.9. The lowest BCUT2D eigenvalue weighted by Crippen LogP contribution is -2.63. The summed E-state index contributed by atoms with van der Waals surface area (Å²) in [4.78, 5) is 41.2. The number of hydrogen-bond acceptors (Lipinski definition) is 5. The molecule has 3 rings (SSSR count). The Hall–Kier alpha value is -3.53. The van der Waals surface area contributed by atoms with E-state index in [1.54, 1.807) is 37.3 Å². The maximum Gasteiger partial charge on any atom is 0.276 e. The van der Waals surface area contributed by atoms with Crippen molar-refractivity contribution in [2.24, 2.45) is 5.41 Å². The van der Waals surface area contributed by atoms with Gasteiger partial charge in [-0.25, -0.2) is 8.78 Å². The topological polar surface area (TPSA) is 119 Å². The molecule has 1 heterocycles. The average molecular weight is 560 g/mol. The zero-order valence-electron chi connectivity index (χ0n) is 23.7. The van der Waals surface area contributed by atoms with Gasteiger partial charge in [0.25, 0.3) is 17.7 Å². The number of amides is 3. The maximum atomic E-state index is 15.3.